The maximum absolute atomic E-state index is 13.6. The van der Waals surface area contributed by atoms with Crippen LogP contribution < -0.4 is 10.2 Å². The number of amides is 4. The van der Waals surface area contributed by atoms with E-state index in [2.05, 4.69) is 12.2 Å². The molecule has 0 radical (unpaired) electrons. The topological polar surface area (TPSA) is 113 Å². The first-order chi connectivity index (χ1) is 13.8. The number of anilines is 1. The first kappa shape index (κ1) is 19.4. The van der Waals surface area contributed by atoms with E-state index in [-0.39, 0.29) is 24.7 Å². The predicted octanol–water partition coefficient (Wildman–Crippen LogP) is 2.23. The van der Waals surface area contributed by atoms with E-state index < -0.39 is 28.2 Å². The number of nitrogens with zero attached hydrogens (tertiary/aromatic N) is 3. The SMILES string of the molecule is CCCN1C(=O)NC(=O)C2(Cc3cc([N+](=O)[O-])ccc3N3CCC(C)CC32)C1=O. The van der Waals surface area contributed by atoms with Crippen molar-refractivity contribution < 1.29 is 19.3 Å². The Morgan fingerprint density at radius 3 is 2.76 bits per heavy atom. The summed E-state index contributed by atoms with van der Waals surface area (Å²) in [5.41, 5.74) is -0.107. The van der Waals surface area contributed by atoms with Crippen molar-refractivity contribution in [1.29, 1.82) is 0 Å². The van der Waals surface area contributed by atoms with E-state index in [9.17, 15) is 24.5 Å². The minimum Gasteiger partial charge on any atom is -0.367 e. The lowest BCUT2D eigenvalue weighted by atomic mass is 9.65. The Morgan fingerprint density at radius 1 is 1.31 bits per heavy atom. The molecular weight excluding hydrogens is 376 g/mol. The van der Waals surface area contributed by atoms with Gasteiger partial charge in [0.15, 0.2) is 5.41 Å². The number of nitro groups is 1. The molecule has 2 saturated heterocycles. The lowest BCUT2D eigenvalue weighted by Crippen LogP contribution is -2.73. The van der Waals surface area contributed by atoms with Gasteiger partial charge in [-0.15, -0.1) is 0 Å². The summed E-state index contributed by atoms with van der Waals surface area (Å²) in [6.45, 7) is 4.83. The molecule has 3 aliphatic rings. The molecule has 9 heteroatoms. The molecule has 3 atom stereocenters. The second-order valence-electron chi connectivity index (χ2n) is 8.27. The van der Waals surface area contributed by atoms with Crippen LogP contribution in [-0.2, 0) is 16.0 Å². The number of non-ortho nitro benzene ring substituents is 1. The van der Waals surface area contributed by atoms with Crippen LogP contribution in [0.2, 0.25) is 0 Å². The molecule has 1 spiro atoms. The molecule has 4 rings (SSSR count). The minimum absolute atomic E-state index is 0.0516. The number of benzene rings is 1. The number of fused-ring (bicyclic) bond motifs is 4. The van der Waals surface area contributed by atoms with Crippen LogP contribution in [0.15, 0.2) is 18.2 Å². The van der Waals surface area contributed by atoms with E-state index >= 15 is 0 Å². The van der Waals surface area contributed by atoms with E-state index in [4.69, 9.17) is 0 Å². The summed E-state index contributed by atoms with van der Waals surface area (Å²) in [5, 5.41) is 13.7. The fourth-order valence-electron chi connectivity index (χ4n) is 5.01. The third-order valence-corrected chi connectivity index (χ3v) is 6.43. The summed E-state index contributed by atoms with van der Waals surface area (Å²) >= 11 is 0. The molecule has 3 unspecified atom stereocenters. The number of piperidine rings is 1. The normalized spacial score (nSPS) is 28.8. The van der Waals surface area contributed by atoms with Gasteiger partial charge in [-0.3, -0.25) is 29.9 Å². The van der Waals surface area contributed by atoms with Crippen molar-refractivity contribution in [3.8, 4) is 0 Å². The lowest BCUT2D eigenvalue weighted by molar-refractivity contribution is -0.384. The van der Waals surface area contributed by atoms with Crippen LogP contribution in [0.25, 0.3) is 0 Å². The molecule has 0 aliphatic carbocycles. The van der Waals surface area contributed by atoms with Gasteiger partial charge < -0.3 is 4.90 Å². The molecule has 2 fully saturated rings. The van der Waals surface area contributed by atoms with Gasteiger partial charge in [-0.25, -0.2) is 4.79 Å². The number of rotatable bonds is 3. The average molecular weight is 400 g/mol. The fourth-order valence-corrected chi connectivity index (χ4v) is 5.01. The van der Waals surface area contributed by atoms with E-state index in [1.165, 1.54) is 12.1 Å². The molecule has 4 amide bonds. The third-order valence-electron chi connectivity index (χ3n) is 6.43. The van der Waals surface area contributed by atoms with Crippen LogP contribution >= 0.6 is 0 Å². The molecule has 0 bridgehead atoms. The maximum Gasteiger partial charge on any atom is 0.330 e. The molecule has 3 heterocycles. The van der Waals surface area contributed by atoms with Crippen molar-refractivity contribution in [2.24, 2.45) is 11.3 Å². The van der Waals surface area contributed by atoms with Crippen molar-refractivity contribution in [1.82, 2.24) is 10.2 Å². The van der Waals surface area contributed by atoms with Crippen LogP contribution in [0.4, 0.5) is 16.2 Å². The lowest BCUT2D eigenvalue weighted by Gasteiger charge is -2.54. The van der Waals surface area contributed by atoms with E-state index in [0.29, 0.717) is 30.9 Å². The van der Waals surface area contributed by atoms with Crippen molar-refractivity contribution in [2.75, 3.05) is 18.0 Å². The van der Waals surface area contributed by atoms with Crippen molar-refractivity contribution >= 4 is 29.2 Å². The highest BCUT2D eigenvalue weighted by Crippen LogP contribution is 2.49. The molecule has 29 heavy (non-hydrogen) atoms. The number of barbiturate groups is 1. The summed E-state index contributed by atoms with van der Waals surface area (Å²) in [7, 11) is 0. The van der Waals surface area contributed by atoms with E-state index in [1.807, 2.05) is 11.8 Å². The third kappa shape index (κ3) is 2.79. The van der Waals surface area contributed by atoms with Gasteiger partial charge >= 0.3 is 6.03 Å². The second kappa shape index (κ2) is 6.82. The zero-order valence-electron chi connectivity index (χ0n) is 16.5. The van der Waals surface area contributed by atoms with Gasteiger partial charge in [0.2, 0.25) is 11.8 Å². The largest absolute Gasteiger partial charge is 0.367 e. The Bertz CT molecular complexity index is 916. The predicted molar refractivity (Wildman–Crippen MR) is 104 cm³/mol. The van der Waals surface area contributed by atoms with Crippen molar-refractivity contribution in [2.45, 2.75) is 45.6 Å². The van der Waals surface area contributed by atoms with Gasteiger partial charge in [0, 0.05) is 37.3 Å². The molecule has 154 valence electrons. The molecular formula is C20H24N4O5. The number of hydrogen-bond acceptors (Lipinski definition) is 6. The van der Waals surface area contributed by atoms with Crippen LogP contribution in [0.3, 0.4) is 0 Å². The molecule has 0 aromatic heterocycles. The van der Waals surface area contributed by atoms with E-state index in [1.54, 1.807) is 6.07 Å². The van der Waals surface area contributed by atoms with Crippen LogP contribution in [-0.4, -0.2) is 46.8 Å². The minimum atomic E-state index is -1.46. The number of carbonyl (C=O) groups is 3. The first-order valence-corrected chi connectivity index (χ1v) is 10.0. The Labute approximate surface area is 168 Å². The van der Waals surface area contributed by atoms with Crippen molar-refractivity contribution in [3.63, 3.8) is 0 Å². The Hall–Kier alpha value is -2.97. The van der Waals surface area contributed by atoms with Gasteiger partial charge in [0.25, 0.3) is 5.69 Å². The average Bonchev–Trinajstić information content (AvgIpc) is 2.68. The highest BCUT2D eigenvalue weighted by atomic mass is 16.6. The maximum atomic E-state index is 13.6. The molecule has 9 nitrogen and oxygen atoms in total. The standard InChI is InChI=1S/C20H24N4O5/c1-3-7-23-18(26)20(17(25)21-19(23)27)11-13-10-14(24(28)29)4-5-15(13)22-8-6-12(2)9-16(20)22/h4-5,10,12,16H,3,6-9,11H2,1-2H3,(H,21,25,27). The summed E-state index contributed by atoms with van der Waals surface area (Å²) in [5.74, 6) is -0.763. The van der Waals surface area contributed by atoms with Gasteiger partial charge in [0.1, 0.15) is 0 Å². The van der Waals surface area contributed by atoms with Gasteiger partial charge in [0.05, 0.1) is 11.0 Å². The summed E-state index contributed by atoms with van der Waals surface area (Å²) in [6.07, 6.45) is 2.17. The number of nitrogens with one attached hydrogen (secondary N) is 1. The van der Waals surface area contributed by atoms with Crippen LogP contribution in [0.5, 0.6) is 0 Å². The number of imide groups is 2. The quantitative estimate of drug-likeness (QED) is 0.473. The number of nitro benzene ring substituents is 1. The highest BCUT2D eigenvalue weighted by Gasteiger charge is 2.62. The van der Waals surface area contributed by atoms with Crippen LogP contribution in [0.1, 0.15) is 38.7 Å². The van der Waals surface area contributed by atoms with Crippen molar-refractivity contribution in [3.05, 3.63) is 33.9 Å². The van der Waals surface area contributed by atoms with E-state index in [0.717, 1.165) is 17.0 Å². The number of urea groups is 1. The first-order valence-electron chi connectivity index (χ1n) is 10.0. The molecule has 0 saturated carbocycles. The fraction of sp³-hybridized carbons (Fsp3) is 0.550. The zero-order chi connectivity index (χ0) is 20.9. The van der Waals surface area contributed by atoms with Gasteiger partial charge in [-0.2, -0.15) is 0 Å². The Kier molecular flexibility index (Phi) is 4.55. The molecule has 3 aliphatic heterocycles. The smallest absolute Gasteiger partial charge is 0.330 e. The second-order valence-corrected chi connectivity index (χ2v) is 8.27. The Balaban J connectivity index is 1.88. The summed E-state index contributed by atoms with van der Waals surface area (Å²) in [6, 6.07) is 3.55. The summed E-state index contributed by atoms with van der Waals surface area (Å²) < 4.78 is 0. The van der Waals surface area contributed by atoms with Gasteiger partial charge in [-0.1, -0.05) is 13.8 Å². The van der Waals surface area contributed by atoms with Crippen LogP contribution in [0, 0.1) is 21.4 Å². The monoisotopic (exact) mass is 400 g/mol. The zero-order valence-corrected chi connectivity index (χ0v) is 16.5. The van der Waals surface area contributed by atoms with Gasteiger partial charge in [-0.05, 0) is 36.8 Å². The highest BCUT2D eigenvalue weighted by molar-refractivity contribution is 6.20. The Morgan fingerprint density at radius 2 is 2.07 bits per heavy atom. The summed E-state index contributed by atoms with van der Waals surface area (Å²) in [4.78, 5) is 53.1. The number of carbonyl (C=O) groups excluding carboxylic acids is 3. The molecule has 1 N–H and O–H groups in total. The molecule has 1 aromatic carbocycles. The molecule has 1 aromatic rings. The number of hydrogen-bond donors (Lipinski definition) is 1.